The number of benzene rings is 1. The van der Waals surface area contributed by atoms with Gasteiger partial charge in [0, 0.05) is 24.4 Å². The first-order valence-corrected chi connectivity index (χ1v) is 7.13. The molecule has 1 aromatic carbocycles. The molecule has 0 saturated carbocycles. The van der Waals surface area contributed by atoms with E-state index in [1.165, 1.54) is 12.1 Å². The lowest BCUT2D eigenvalue weighted by Gasteiger charge is -2.13. The first kappa shape index (κ1) is 15.6. The molecular weight excluding hydrogens is 272 g/mol. The van der Waals surface area contributed by atoms with Gasteiger partial charge < -0.3 is 9.88 Å². The number of rotatable bonds is 6. The molecule has 1 heterocycles. The molecular formula is C16H21F2N3. The van der Waals surface area contributed by atoms with Crippen molar-refractivity contribution in [1.82, 2.24) is 14.9 Å². The Morgan fingerprint density at radius 1 is 1.29 bits per heavy atom. The summed E-state index contributed by atoms with van der Waals surface area (Å²) in [5.41, 5.74) is 1.46. The Labute approximate surface area is 124 Å². The Bertz CT molecular complexity index is 606. The van der Waals surface area contributed by atoms with Crippen LogP contribution in [0.2, 0.25) is 0 Å². The van der Waals surface area contributed by atoms with Crippen LogP contribution in [0.5, 0.6) is 0 Å². The summed E-state index contributed by atoms with van der Waals surface area (Å²) in [4.78, 5) is 4.28. The smallest absolute Gasteiger partial charge is 0.131 e. The van der Waals surface area contributed by atoms with Gasteiger partial charge in [-0.05, 0) is 25.5 Å². The van der Waals surface area contributed by atoms with Gasteiger partial charge in [0.05, 0.1) is 12.2 Å². The highest BCUT2D eigenvalue weighted by Crippen LogP contribution is 2.14. The number of halogens is 2. The van der Waals surface area contributed by atoms with Crippen molar-refractivity contribution in [2.75, 3.05) is 6.54 Å². The molecule has 0 aliphatic rings. The summed E-state index contributed by atoms with van der Waals surface area (Å²) in [6, 6.07) is 3.68. The fourth-order valence-electron chi connectivity index (χ4n) is 2.18. The summed E-state index contributed by atoms with van der Waals surface area (Å²) in [5.74, 6) is 0.304. The zero-order chi connectivity index (χ0) is 15.4. The van der Waals surface area contributed by atoms with E-state index in [-0.39, 0.29) is 0 Å². The van der Waals surface area contributed by atoms with E-state index in [9.17, 15) is 8.78 Å². The molecule has 1 N–H and O–H groups in total. The zero-order valence-electron chi connectivity index (χ0n) is 12.7. The van der Waals surface area contributed by atoms with Crippen molar-refractivity contribution in [3.63, 3.8) is 0 Å². The first-order chi connectivity index (χ1) is 9.97. The standard InChI is InChI=1S/C16H21F2N3/c1-11(2)7-19-8-15-9-20-12(3)21(15)10-13-4-5-14(17)6-16(13)18/h4-6,9,11,19H,7-8,10H2,1-3H3. The SMILES string of the molecule is Cc1ncc(CNCC(C)C)n1Cc1ccc(F)cc1F. The lowest BCUT2D eigenvalue weighted by atomic mass is 10.2. The van der Waals surface area contributed by atoms with Crippen molar-refractivity contribution < 1.29 is 8.78 Å². The fourth-order valence-corrected chi connectivity index (χ4v) is 2.18. The highest BCUT2D eigenvalue weighted by molar-refractivity contribution is 5.20. The molecule has 3 nitrogen and oxygen atoms in total. The Balaban J connectivity index is 2.13. The fraction of sp³-hybridized carbons (Fsp3) is 0.438. The number of hydrogen-bond acceptors (Lipinski definition) is 2. The van der Waals surface area contributed by atoms with Crippen molar-refractivity contribution in [2.24, 2.45) is 5.92 Å². The molecule has 114 valence electrons. The van der Waals surface area contributed by atoms with Crippen molar-refractivity contribution in [1.29, 1.82) is 0 Å². The number of hydrogen-bond donors (Lipinski definition) is 1. The molecule has 0 spiro atoms. The number of nitrogens with one attached hydrogen (secondary N) is 1. The highest BCUT2D eigenvalue weighted by atomic mass is 19.1. The van der Waals surface area contributed by atoms with Gasteiger partial charge in [-0.25, -0.2) is 13.8 Å². The minimum atomic E-state index is -0.558. The van der Waals surface area contributed by atoms with Gasteiger partial charge in [0.25, 0.3) is 0 Å². The molecule has 2 rings (SSSR count). The van der Waals surface area contributed by atoms with Crippen LogP contribution in [0.4, 0.5) is 8.78 Å². The van der Waals surface area contributed by atoms with E-state index in [2.05, 4.69) is 24.1 Å². The largest absolute Gasteiger partial charge is 0.326 e. The normalized spacial score (nSPS) is 11.3. The number of aromatic nitrogens is 2. The molecule has 0 atom stereocenters. The predicted molar refractivity (Wildman–Crippen MR) is 79.0 cm³/mol. The third kappa shape index (κ3) is 4.11. The Kier molecular flexibility index (Phi) is 5.07. The van der Waals surface area contributed by atoms with Crippen LogP contribution in [0.1, 0.15) is 30.9 Å². The zero-order valence-corrected chi connectivity index (χ0v) is 12.7. The lowest BCUT2D eigenvalue weighted by Crippen LogP contribution is -2.21. The number of nitrogens with zero attached hydrogens (tertiary/aromatic N) is 2. The number of imidazole rings is 1. The van der Waals surface area contributed by atoms with Gasteiger partial charge in [0.1, 0.15) is 17.5 Å². The maximum Gasteiger partial charge on any atom is 0.131 e. The summed E-state index contributed by atoms with van der Waals surface area (Å²) in [5, 5.41) is 3.35. The maximum absolute atomic E-state index is 13.8. The quantitative estimate of drug-likeness (QED) is 0.886. The van der Waals surface area contributed by atoms with Gasteiger partial charge >= 0.3 is 0 Å². The van der Waals surface area contributed by atoms with Gasteiger partial charge in [-0.3, -0.25) is 0 Å². The summed E-state index contributed by atoms with van der Waals surface area (Å²) in [7, 11) is 0. The molecule has 0 radical (unpaired) electrons. The summed E-state index contributed by atoms with van der Waals surface area (Å²) < 4.78 is 28.7. The monoisotopic (exact) mass is 293 g/mol. The van der Waals surface area contributed by atoms with Gasteiger partial charge in [-0.15, -0.1) is 0 Å². The average molecular weight is 293 g/mol. The third-order valence-corrected chi connectivity index (χ3v) is 3.34. The molecule has 0 aliphatic heterocycles. The van der Waals surface area contributed by atoms with E-state index < -0.39 is 11.6 Å². The molecule has 2 aromatic rings. The van der Waals surface area contributed by atoms with E-state index >= 15 is 0 Å². The van der Waals surface area contributed by atoms with E-state index in [0.29, 0.717) is 24.6 Å². The van der Waals surface area contributed by atoms with Gasteiger partial charge in [0.2, 0.25) is 0 Å². The van der Waals surface area contributed by atoms with Crippen molar-refractivity contribution in [2.45, 2.75) is 33.9 Å². The average Bonchev–Trinajstić information content (AvgIpc) is 2.74. The highest BCUT2D eigenvalue weighted by Gasteiger charge is 2.10. The molecule has 1 aromatic heterocycles. The second kappa shape index (κ2) is 6.80. The van der Waals surface area contributed by atoms with Crippen LogP contribution in [0.25, 0.3) is 0 Å². The topological polar surface area (TPSA) is 29.9 Å². The molecule has 5 heteroatoms. The van der Waals surface area contributed by atoms with Crippen LogP contribution in [0.15, 0.2) is 24.4 Å². The van der Waals surface area contributed by atoms with Crippen LogP contribution >= 0.6 is 0 Å². The lowest BCUT2D eigenvalue weighted by molar-refractivity contribution is 0.532. The minimum Gasteiger partial charge on any atom is -0.326 e. The maximum atomic E-state index is 13.8. The third-order valence-electron chi connectivity index (χ3n) is 3.34. The van der Waals surface area contributed by atoms with Crippen LogP contribution < -0.4 is 5.32 Å². The molecule has 21 heavy (non-hydrogen) atoms. The van der Waals surface area contributed by atoms with Crippen LogP contribution in [0.3, 0.4) is 0 Å². The Morgan fingerprint density at radius 3 is 2.71 bits per heavy atom. The van der Waals surface area contributed by atoms with Gasteiger partial charge in [0.15, 0.2) is 0 Å². The first-order valence-electron chi connectivity index (χ1n) is 7.13. The second-order valence-electron chi connectivity index (χ2n) is 5.64. The summed E-state index contributed by atoms with van der Waals surface area (Å²) in [6.45, 7) is 8.12. The summed E-state index contributed by atoms with van der Waals surface area (Å²) in [6.07, 6.45) is 1.80. The molecule has 0 aliphatic carbocycles. The molecule has 0 bridgehead atoms. The van der Waals surface area contributed by atoms with E-state index in [1.54, 1.807) is 6.20 Å². The molecule has 0 fully saturated rings. The minimum absolute atomic E-state index is 0.358. The van der Waals surface area contributed by atoms with Gasteiger partial charge in [-0.1, -0.05) is 19.9 Å². The van der Waals surface area contributed by atoms with Crippen molar-refractivity contribution in [3.05, 3.63) is 53.1 Å². The van der Waals surface area contributed by atoms with Crippen LogP contribution in [0, 0.1) is 24.5 Å². The second-order valence-corrected chi connectivity index (χ2v) is 5.64. The predicted octanol–water partition coefficient (Wildman–Crippen LogP) is 3.26. The molecule has 0 amide bonds. The summed E-state index contributed by atoms with van der Waals surface area (Å²) >= 11 is 0. The number of aryl methyl sites for hydroxylation is 1. The van der Waals surface area contributed by atoms with E-state index in [4.69, 9.17) is 0 Å². The Hall–Kier alpha value is -1.75. The molecule has 0 unspecified atom stereocenters. The van der Waals surface area contributed by atoms with Crippen LogP contribution in [-0.4, -0.2) is 16.1 Å². The van der Waals surface area contributed by atoms with E-state index in [1.807, 2.05) is 11.5 Å². The van der Waals surface area contributed by atoms with Crippen LogP contribution in [-0.2, 0) is 13.1 Å². The van der Waals surface area contributed by atoms with E-state index in [0.717, 1.165) is 24.1 Å². The Morgan fingerprint density at radius 2 is 2.05 bits per heavy atom. The van der Waals surface area contributed by atoms with Crippen molar-refractivity contribution >= 4 is 0 Å². The van der Waals surface area contributed by atoms with Gasteiger partial charge in [-0.2, -0.15) is 0 Å². The van der Waals surface area contributed by atoms with Crippen molar-refractivity contribution in [3.8, 4) is 0 Å². The molecule has 0 saturated heterocycles.